The first kappa shape index (κ1) is 27.0. The molecule has 0 bridgehead atoms. The van der Waals surface area contributed by atoms with Crippen LogP contribution in [0.5, 0.6) is 0 Å². The number of carbonyl (C=O) groups is 2. The summed E-state index contributed by atoms with van der Waals surface area (Å²) >= 11 is 0. The molecule has 2 heterocycles. The van der Waals surface area contributed by atoms with E-state index in [4.69, 9.17) is 5.73 Å². The number of carbonyl (C=O) groups excluding carboxylic acids is 2. The molecule has 38 heavy (non-hydrogen) atoms. The Morgan fingerprint density at radius 3 is 2.13 bits per heavy atom. The summed E-state index contributed by atoms with van der Waals surface area (Å²) in [6.07, 6.45) is -4.27. The van der Waals surface area contributed by atoms with E-state index in [1.54, 1.807) is 19.3 Å². The molecular formula is C27H27F4N5O2. The molecule has 0 aliphatic rings. The number of halogens is 4. The molecular weight excluding hydrogens is 502 g/mol. The van der Waals surface area contributed by atoms with Crippen molar-refractivity contribution in [3.8, 4) is 0 Å². The van der Waals surface area contributed by atoms with Gasteiger partial charge in [0.15, 0.2) is 0 Å². The number of likely N-dealkylation sites (N-methyl/N-ethyl adjacent to an activating group) is 1. The Kier molecular flexibility index (Phi) is 7.94. The average Bonchev–Trinajstić information content (AvgIpc) is 3.32. The molecule has 2 aromatic carbocycles. The number of hydrogen-bond donors (Lipinski definition) is 2. The summed E-state index contributed by atoms with van der Waals surface area (Å²) < 4.78 is 54.6. The monoisotopic (exact) mass is 529 g/mol. The van der Waals surface area contributed by atoms with Gasteiger partial charge in [0, 0.05) is 37.2 Å². The van der Waals surface area contributed by atoms with E-state index in [0.29, 0.717) is 0 Å². The molecule has 0 radical (unpaired) electrons. The molecule has 0 saturated heterocycles. The number of aromatic nitrogens is 3. The molecule has 11 heteroatoms. The first-order valence-corrected chi connectivity index (χ1v) is 12.2. The van der Waals surface area contributed by atoms with Crippen molar-refractivity contribution in [1.82, 2.24) is 19.9 Å². The summed E-state index contributed by atoms with van der Waals surface area (Å²) in [4.78, 5) is 35.2. The predicted molar refractivity (Wildman–Crippen MR) is 136 cm³/mol. The molecule has 4 rings (SSSR count). The van der Waals surface area contributed by atoms with Crippen LogP contribution < -0.4 is 11.1 Å². The molecule has 0 spiro atoms. The van der Waals surface area contributed by atoms with Crippen LogP contribution in [-0.4, -0.2) is 45.7 Å². The predicted octanol–water partition coefficient (Wildman–Crippen LogP) is 5.32. The highest BCUT2D eigenvalue weighted by molar-refractivity contribution is 6.07. The first-order chi connectivity index (χ1) is 18.1. The van der Waals surface area contributed by atoms with Gasteiger partial charge in [0.25, 0.3) is 5.91 Å². The van der Waals surface area contributed by atoms with Crippen molar-refractivity contribution in [2.24, 2.45) is 0 Å². The Bertz CT molecular complexity index is 1430. The summed E-state index contributed by atoms with van der Waals surface area (Å²) in [5.74, 6) is -1.32. The van der Waals surface area contributed by atoms with Crippen LogP contribution in [0.4, 0.5) is 23.5 Å². The number of fused-ring (bicyclic) bond motifs is 2. The van der Waals surface area contributed by atoms with E-state index in [2.05, 4.69) is 15.3 Å². The lowest BCUT2D eigenvalue weighted by molar-refractivity contribution is -0.127. The van der Waals surface area contributed by atoms with Gasteiger partial charge < -0.3 is 11.1 Å². The van der Waals surface area contributed by atoms with Gasteiger partial charge in [-0.25, -0.2) is 27.5 Å². The van der Waals surface area contributed by atoms with Crippen LogP contribution in [0.25, 0.3) is 21.7 Å². The van der Waals surface area contributed by atoms with Crippen LogP contribution >= 0.6 is 0 Å². The molecule has 7 nitrogen and oxygen atoms in total. The number of rotatable bonds is 10. The second-order valence-corrected chi connectivity index (χ2v) is 9.06. The van der Waals surface area contributed by atoms with Crippen molar-refractivity contribution in [2.75, 3.05) is 12.3 Å². The minimum atomic E-state index is -2.74. The van der Waals surface area contributed by atoms with Crippen LogP contribution in [0.3, 0.4) is 0 Å². The Morgan fingerprint density at radius 1 is 0.974 bits per heavy atom. The number of hydrogen-bond acceptors (Lipinski definition) is 5. The number of anilines is 1. The smallest absolute Gasteiger partial charge is 0.281 e. The summed E-state index contributed by atoms with van der Waals surface area (Å²) in [7, 11) is 0. The van der Waals surface area contributed by atoms with E-state index < -0.39 is 42.9 Å². The second-order valence-electron chi connectivity index (χ2n) is 9.06. The number of nitrogens with zero attached hydrogens (tertiary/aromatic N) is 3. The Labute approximate surface area is 216 Å². The van der Waals surface area contributed by atoms with Crippen LogP contribution in [0.2, 0.25) is 0 Å². The number of nitrogens with two attached hydrogens (primary N) is 1. The maximum absolute atomic E-state index is 13.5. The molecule has 1 amide bonds. The van der Waals surface area contributed by atoms with Gasteiger partial charge in [-0.3, -0.25) is 14.2 Å². The zero-order valence-electron chi connectivity index (χ0n) is 20.6. The number of benzene rings is 2. The lowest BCUT2D eigenvalue weighted by Gasteiger charge is -2.33. The van der Waals surface area contributed by atoms with E-state index in [1.807, 2.05) is 24.3 Å². The highest BCUT2D eigenvalue weighted by Gasteiger charge is 2.41. The van der Waals surface area contributed by atoms with E-state index >= 15 is 0 Å². The molecule has 0 aliphatic carbocycles. The number of alkyl halides is 4. The van der Waals surface area contributed by atoms with Crippen molar-refractivity contribution in [3.63, 3.8) is 0 Å². The van der Waals surface area contributed by atoms with Gasteiger partial charge in [-0.15, -0.1) is 0 Å². The van der Waals surface area contributed by atoms with Crippen molar-refractivity contribution in [1.29, 1.82) is 0 Å². The fourth-order valence-corrected chi connectivity index (χ4v) is 4.74. The third-order valence-corrected chi connectivity index (χ3v) is 6.61. The highest BCUT2D eigenvalue weighted by Crippen LogP contribution is 2.38. The van der Waals surface area contributed by atoms with Crippen molar-refractivity contribution in [2.45, 2.75) is 50.9 Å². The zero-order chi connectivity index (χ0) is 27.4. The van der Waals surface area contributed by atoms with Crippen molar-refractivity contribution in [3.05, 3.63) is 66.1 Å². The molecule has 2 aromatic heterocycles. The first-order valence-electron chi connectivity index (χ1n) is 12.2. The summed E-state index contributed by atoms with van der Waals surface area (Å²) in [5.41, 5.74) is 4.63. The van der Waals surface area contributed by atoms with E-state index in [1.165, 1.54) is 22.8 Å². The Hall–Kier alpha value is -4.02. The molecule has 200 valence electrons. The van der Waals surface area contributed by atoms with Crippen LogP contribution in [0.1, 0.15) is 48.7 Å². The molecule has 0 fully saturated rings. The van der Waals surface area contributed by atoms with E-state index in [0.717, 1.165) is 10.8 Å². The number of nitrogens with one attached hydrogen (secondary N) is 1. The lowest BCUT2D eigenvalue weighted by Crippen LogP contribution is -2.45. The third-order valence-electron chi connectivity index (χ3n) is 6.61. The topological polar surface area (TPSA) is 103 Å². The molecule has 3 N–H and O–H groups in total. The minimum Gasteiger partial charge on any atom is -0.368 e. The van der Waals surface area contributed by atoms with E-state index in [9.17, 15) is 27.2 Å². The molecule has 4 aromatic rings. The molecule has 0 unspecified atom stereocenters. The quantitative estimate of drug-likeness (QED) is 0.271. The van der Waals surface area contributed by atoms with Crippen LogP contribution in [0.15, 0.2) is 54.9 Å². The normalized spacial score (nSPS) is 12.1. The summed E-state index contributed by atoms with van der Waals surface area (Å²) in [5, 5.41) is 4.48. The van der Waals surface area contributed by atoms with Gasteiger partial charge in [-0.2, -0.15) is 0 Å². The van der Waals surface area contributed by atoms with Crippen molar-refractivity contribution < 1.29 is 27.2 Å². The van der Waals surface area contributed by atoms with Crippen LogP contribution in [0, 0.1) is 0 Å². The van der Waals surface area contributed by atoms with Gasteiger partial charge in [-0.1, -0.05) is 30.3 Å². The van der Waals surface area contributed by atoms with Gasteiger partial charge in [0.1, 0.15) is 5.69 Å². The maximum Gasteiger partial charge on any atom is 0.281 e. The Balaban J connectivity index is 1.89. The highest BCUT2D eigenvalue weighted by atomic mass is 19.3. The molecule has 0 atom stereocenters. The fraction of sp³-hybridized carbons (Fsp3) is 0.333. The maximum atomic E-state index is 13.5. The van der Waals surface area contributed by atoms with Crippen LogP contribution in [-0.2, 0) is 10.2 Å². The van der Waals surface area contributed by atoms with Gasteiger partial charge >= 0.3 is 0 Å². The number of amides is 1. The number of nitrogen functional groups attached to an aromatic ring is 1. The fourth-order valence-electron chi connectivity index (χ4n) is 4.74. The van der Waals surface area contributed by atoms with Gasteiger partial charge in [-0.05, 0) is 48.2 Å². The van der Waals surface area contributed by atoms with E-state index in [-0.39, 0.29) is 47.5 Å². The second kappa shape index (κ2) is 11.2. The standard InChI is InChI=1S/C27H27F4N5O2/c1-2-33-25(38)27(11-9-21(28)29,12-10-22(30)31)18-7-8-20-19(13-18)23(35-26(32)34-20)24(37)36-14-16-5-3-4-6-17(16)15-36/h3-8,13-15,21-22H,2,9-12H2,1H3,(H,33,38)(H2,32,34,35). The van der Waals surface area contributed by atoms with Crippen molar-refractivity contribution >= 4 is 39.4 Å². The summed E-state index contributed by atoms with van der Waals surface area (Å²) in [6, 6.07) is 11.8. The minimum absolute atomic E-state index is 0.0674. The largest absolute Gasteiger partial charge is 0.368 e. The Morgan fingerprint density at radius 2 is 1.58 bits per heavy atom. The summed E-state index contributed by atoms with van der Waals surface area (Å²) in [6.45, 7) is 1.83. The average molecular weight is 530 g/mol. The van der Waals surface area contributed by atoms with Gasteiger partial charge in [0.2, 0.25) is 24.7 Å². The SMILES string of the molecule is CCNC(=O)C(CCC(F)F)(CCC(F)F)c1ccc2nc(N)nc(C(=O)n3cc4ccccc4c3)c2c1. The molecule has 0 saturated carbocycles. The molecule has 0 aliphatic heterocycles. The lowest BCUT2D eigenvalue weighted by atomic mass is 9.72. The van der Waals surface area contributed by atoms with Gasteiger partial charge in [0.05, 0.1) is 10.9 Å². The zero-order valence-corrected chi connectivity index (χ0v) is 20.6. The third kappa shape index (κ3) is 5.46.